The molecule has 4 heteroatoms. The summed E-state index contributed by atoms with van der Waals surface area (Å²) in [5.41, 5.74) is 0.654. The molecular formula is C13H19N3O. The first kappa shape index (κ1) is 10.8. The van der Waals surface area contributed by atoms with Crippen molar-refractivity contribution in [2.45, 2.75) is 32.6 Å². The van der Waals surface area contributed by atoms with Crippen LogP contribution in [0.25, 0.3) is 0 Å². The Hall–Kier alpha value is -1.32. The zero-order chi connectivity index (χ0) is 11.8. The van der Waals surface area contributed by atoms with Crippen molar-refractivity contribution in [2.24, 2.45) is 11.8 Å². The second-order valence-electron chi connectivity index (χ2n) is 5.26. The maximum Gasteiger partial charge on any atom is 0.271 e. The van der Waals surface area contributed by atoms with Gasteiger partial charge in [-0.15, -0.1) is 0 Å². The smallest absolute Gasteiger partial charge is 0.271 e. The van der Waals surface area contributed by atoms with Crippen molar-refractivity contribution in [2.75, 3.05) is 13.1 Å². The van der Waals surface area contributed by atoms with Crippen molar-refractivity contribution < 1.29 is 4.79 Å². The fraction of sp³-hybridized carbons (Fsp3) is 0.692. The first-order chi connectivity index (χ1) is 8.28. The molecule has 2 aliphatic rings. The Bertz CT molecular complexity index is 414. The van der Waals surface area contributed by atoms with Crippen LogP contribution in [0.4, 0.5) is 0 Å². The summed E-state index contributed by atoms with van der Waals surface area (Å²) < 4.78 is 0. The molecule has 1 aromatic heterocycles. The van der Waals surface area contributed by atoms with Crippen LogP contribution >= 0.6 is 0 Å². The van der Waals surface area contributed by atoms with E-state index < -0.39 is 0 Å². The van der Waals surface area contributed by atoms with Gasteiger partial charge in [-0.05, 0) is 24.7 Å². The van der Waals surface area contributed by atoms with Crippen molar-refractivity contribution in [3.8, 4) is 0 Å². The third-order valence-corrected chi connectivity index (χ3v) is 4.21. The van der Waals surface area contributed by atoms with Gasteiger partial charge in [0.05, 0.1) is 6.20 Å². The summed E-state index contributed by atoms with van der Waals surface area (Å²) in [6.07, 6.45) is 6.48. The lowest BCUT2D eigenvalue weighted by Crippen LogP contribution is -2.29. The molecule has 1 saturated heterocycles. The van der Waals surface area contributed by atoms with E-state index in [-0.39, 0.29) is 5.91 Å². The highest BCUT2D eigenvalue weighted by molar-refractivity contribution is 5.92. The Morgan fingerprint density at radius 2 is 2.18 bits per heavy atom. The number of carbonyl (C=O) groups is 1. The Morgan fingerprint density at radius 1 is 1.47 bits per heavy atom. The number of rotatable bonds is 2. The molecule has 0 bridgehead atoms. The molecule has 3 rings (SSSR count). The molecule has 4 nitrogen and oxygen atoms in total. The van der Waals surface area contributed by atoms with Gasteiger partial charge < -0.3 is 9.88 Å². The Labute approximate surface area is 101 Å². The number of hydrogen-bond donors (Lipinski definition) is 1. The van der Waals surface area contributed by atoms with E-state index in [1.165, 1.54) is 19.3 Å². The number of nitrogens with one attached hydrogen (secondary N) is 1. The standard InChI is InChI=1S/C13H19N3O/c1-2-12-14-6-11(15-12)13(17)16-7-9-4-3-5-10(9)8-16/h6,9-10H,2-5,7-8H2,1H3,(H,14,15). The van der Waals surface area contributed by atoms with Crippen LogP contribution in [-0.4, -0.2) is 33.9 Å². The number of imidazole rings is 1. The molecule has 2 fully saturated rings. The molecule has 17 heavy (non-hydrogen) atoms. The molecule has 1 saturated carbocycles. The molecule has 2 unspecified atom stereocenters. The van der Waals surface area contributed by atoms with Gasteiger partial charge in [0.25, 0.3) is 5.91 Å². The van der Waals surface area contributed by atoms with E-state index in [1.54, 1.807) is 6.20 Å². The van der Waals surface area contributed by atoms with Crippen molar-refractivity contribution in [3.63, 3.8) is 0 Å². The van der Waals surface area contributed by atoms with Gasteiger partial charge in [0.2, 0.25) is 0 Å². The number of nitrogens with zero attached hydrogens (tertiary/aromatic N) is 2. The SMILES string of the molecule is CCc1ncc(C(=O)N2CC3CCCC3C2)[nH]1. The van der Waals surface area contributed by atoms with Gasteiger partial charge in [-0.25, -0.2) is 4.98 Å². The lowest BCUT2D eigenvalue weighted by molar-refractivity contribution is 0.0775. The number of likely N-dealkylation sites (tertiary alicyclic amines) is 1. The minimum Gasteiger partial charge on any atom is -0.338 e. The summed E-state index contributed by atoms with van der Waals surface area (Å²) >= 11 is 0. The monoisotopic (exact) mass is 233 g/mol. The molecule has 2 atom stereocenters. The van der Waals surface area contributed by atoms with Crippen LogP contribution in [0.1, 0.15) is 42.5 Å². The van der Waals surface area contributed by atoms with E-state index in [9.17, 15) is 4.79 Å². The molecule has 1 aliphatic heterocycles. The van der Waals surface area contributed by atoms with Crippen LogP contribution in [-0.2, 0) is 6.42 Å². The van der Waals surface area contributed by atoms with Gasteiger partial charge in [0.15, 0.2) is 0 Å². The van der Waals surface area contributed by atoms with Crippen LogP contribution in [0.2, 0.25) is 0 Å². The average Bonchev–Trinajstić information content (AvgIpc) is 3.02. The Balaban J connectivity index is 1.70. The minimum absolute atomic E-state index is 0.131. The van der Waals surface area contributed by atoms with E-state index in [4.69, 9.17) is 0 Å². The van der Waals surface area contributed by atoms with Crippen LogP contribution in [0.15, 0.2) is 6.20 Å². The van der Waals surface area contributed by atoms with Crippen molar-refractivity contribution in [1.82, 2.24) is 14.9 Å². The van der Waals surface area contributed by atoms with E-state index in [1.807, 2.05) is 11.8 Å². The van der Waals surface area contributed by atoms with Crippen LogP contribution in [0, 0.1) is 11.8 Å². The number of aromatic amines is 1. The summed E-state index contributed by atoms with van der Waals surface area (Å²) in [6.45, 7) is 3.93. The topological polar surface area (TPSA) is 49.0 Å². The zero-order valence-electron chi connectivity index (χ0n) is 10.3. The highest BCUT2D eigenvalue weighted by atomic mass is 16.2. The van der Waals surface area contributed by atoms with E-state index in [0.717, 1.165) is 37.2 Å². The van der Waals surface area contributed by atoms with Gasteiger partial charge in [-0.3, -0.25) is 4.79 Å². The Morgan fingerprint density at radius 3 is 2.76 bits per heavy atom. The molecular weight excluding hydrogens is 214 g/mol. The van der Waals surface area contributed by atoms with Gasteiger partial charge in [-0.2, -0.15) is 0 Å². The second kappa shape index (κ2) is 4.17. The van der Waals surface area contributed by atoms with E-state index >= 15 is 0 Å². The summed E-state index contributed by atoms with van der Waals surface area (Å²) in [4.78, 5) is 21.6. The van der Waals surface area contributed by atoms with Gasteiger partial charge >= 0.3 is 0 Å². The first-order valence-electron chi connectivity index (χ1n) is 6.61. The van der Waals surface area contributed by atoms with E-state index in [0.29, 0.717) is 5.69 Å². The second-order valence-corrected chi connectivity index (χ2v) is 5.26. The third kappa shape index (κ3) is 1.85. The molecule has 0 aromatic carbocycles. The number of carbonyl (C=O) groups excluding carboxylic acids is 1. The summed E-state index contributed by atoms with van der Waals surface area (Å²) in [6, 6.07) is 0. The van der Waals surface area contributed by atoms with Crippen molar-refractivity contribution in [3.05, 3.63) is 17.7 Å². The van der Waals surface area contributed by atoms with Crippen molar-refractivity contribution >= 4 is 5.91 Å². The lowest BCUT2D eigenvalue weighted by atomic mass is 10.0. The largest absolute Gasteiger partial charge is 0.338 e. The summed E-state index contributed by atoms with van der Waals surface area (Å²) in [5.74, 6) is 2.54. The maximum absolute atomic E-state index is 12.3. The molecule has 1 N–H and O–H groups in total. The summed E-state index contributed by atoms with van der Waals surface area (Å²) in [7, 11) is 0. The summed E-state index contributed by atoms with van der Waals surface area (Å²) in [5, 5.41) is 0. The number of fused-ring (bicyclic) bond motifs is 1. The fourth-order valence-corrected chi connectivity index (χ4v) is 3.22. The highest BCUT2D eigenvalue weighted by Crippen LogP contribution is 2.37. The van der Waals surface area contributed by atoms with Crippen molar-refractivity contribution in [1.29, 1.82) is 0 Å². The molecule has 0 radical (unpaired) electrons. The number of hydrogen-bond acceptors (Lipinski definition) is 2. The third-order valence-electron chi connectivity index (χ3n) is 4.21. The maximum atomic E-state index is 12.3. The number of aromatic nitrogens is 2. The quantitative estimate of drug-likeness (QED) is 0.847. The number of aryl methyl sites for hydroxylation is 1. The van der Waals surface area contributed by atoms with Gasteiger partial charge in [0.1, 0.15) is 11.5 Å². The molecule has 1 amide bonds. The molecule has 2 heterocycles. The first-order valence-corrected chi connectivity index (χ1v) is 6.61. The zero-order valence-corrected chi connectivity index (χ0v) is 10.3. The van der Waals surface area contributed by atoms with Gasteiger partial charge in [0, 0.05) is 19.5 Å². The molecule has 1 aromatic rings. The fourth-order valence-electron chi connectivity index (χ4n) is 3.22. The van der Waals surface area contributed by atoms with Crippen LogP contribution < -0.4 is 0 Å². The predicted molar refractivity (Wildman–Crippen MR) is 64.7 cm³/mol. The Kier molecular flexibility index (Phi) is 2.65. The normalized spacial score (nSPS) is 27.5. The van der Waals surface area contributed by atoms with Crippen LogP contribution in [0.5, 0.6) is 0 Å². The lowest BCUT2D eigenvalue weighted by Gasteiger charge is -2.15. The molecule has 1 aliphatic carbocycles. The van der Waals surface area contributed by atoms with E-state index in [2.05, 4.69) is 9.97 Å². The minimum atomic E-state index is 0.131. The number of amides is 1. The van der Waals surface area contributed by atoms with Crippen LogP contribution in [0.3, 0.4) is 0 Å². The molecule has 92 valence electrons. The molecule has 0 spiro atoms. The van der Waals surface area contributed by atoms with Gasteiger partial charge in [-0.1, -0.05) is 13.3 Å². The average molecular weight is 233 g/mol. The predicted octanol–water partition coefficient (Wildman–Crippen LogP) is 1.84. The highest BCUT2D eigenvalue weighted by Gasteiger charge is 2.38. The number of H-pyrrole nitrogens is 1.